The van der Waals surface area contributed by atoms with E-state index in [4.69, 9.17) is 0 Å². The Labute approximate surface area is 135 Å². The molecule has 0 spiro atoms. The summed E-state index contributed by atoms with van der Waals surface area (Å²) in [6.45, 7) is 1.42. The van der Waals surface area contributed by atoms with Crippen LogP contribution < -0.4 is 4.90 Å². The molecule has 2 amide bonds. The van der Waals surface area contributed by atoms with E-state index in [2.05, 4.69) is 4.98 Å². The second-order valence-corrected chi connectivity index (χ2v) is 4.47. The average Bonchev–Trinajstić information content (AvgIpc) is 2.64. The van der Waals surface area contributed by atoms with Crippen LogP contribution in [-0.4, -0.2) is 66.7 Å². The fraction of sp³-hybridized carbons (Fsp3) is 0.636. The number of rotatable bonds is 4. The first kappa shape index (κ1) is 20.7. The molecule has 6 nitrogen and oxygen atoms in total. The summed E-state index contributed by atoms with van der Waals surface area (Å²) in [6, 6.07) is -0.0545. The number of aromatic nitrogens is 2. The first-order chi connectivity index (χ1) is 7.93. The Balaban J connectivity index is 0. The lowest BCUT2D eigenvalue weighted by Crippen LogP contribution is -2.43. The van der Waals surface area contributed by atoms with Gasteiger partial charge in [-0.15, -0.1) is 34.0 Å². The minimum atomic E-state index is -0.0545. The Bertz CT molecular complexity index is 381. The number of hydrogen-bond acceptors (Lipinski definition) is 3. The maximum absolute atomic E-state index is 12.1. The number of amides is 2. The van der Waals surface area contributed by atoms with E-state index >= 15 is 0 Å². The summed E-state index contributed by atoms with van der Waals surface area (Å²) in [6.07, 6.45) is 3.53. The maximum atomic E-state index is 12.1. The van der Waals surface area contributed by atoms with Gasteiger partial charge in [0.2, 0.25) is 5.95 Å². The zero-order chi connectivity index (χ0) is 13.0. The molecule has 0 radical (unpaired) electrons. The van der Waals surface area contributed by atoms with E-state index in [-0.39, 0.29) is 40.0 Å². The van der Waals surface area contributed by atoms with Crippen molar-refractivity contribution in [1.29, 1.82) is 0 Å². The third-order valence-electron chi connectivity index (χ3n) is 2.42. The van der Waals surface area contributed by atoms with E-state index in [1.807, 2.05) is 36.8 Å². The quantitative estimate of drug-likeness (QED) is 0.771. The Morgan fingerprint density at radius 2 is 1.79 bits per heavy atom. The van der Waals surface area contributed by atoms with Gasteiger partial charge in [-0.2, -0.15) is 0 Å². The molecule has 0 bridgehead atoms. The summed E-state index contributed by atoms with van der Waals surface area (Å²) in [7, 11) is 9.34. The normalized spacial score (nSPS) is 9.58. The molecule has 0 fully saturated rings. The van der Waals surface area contributed by atoms with E-state index in [0.29, 0.717) is 12.5 Å². The molecule has 1 heterocycles. The summed E-state index contributed by atoms with van der Waals surface area (Å²) in [5.41, 5.74) is 0. The summed E-state index contributed by atoms with van der Waals surface area (Å²) >= 11 is 0. The van der Waals surface area contributed by atoms with Crippen molar-refractivity contribution in [2.45, 2.75) is 0 Å². The van der Waals surface area contributed by atoms with Gasteiger partial charge in [-0.25, -0.2) is 9.78 Å². The van der Waals surface area contributed by atoms with Crippen LogP contribution in [0.3, 0.4) is 0 Å². The van der Waals surface area contributed by atoms with Crippen LogP contribution in [0.5, 0.6) is 0 Å². The third-order valence-corrected chi connectivity index (χ3v) is 2.42. The molecule has 19 heavy (non-hydrogen) atoms. The predicted molar refractivity (Wildman–Crippen MR) is 88.8 cm³/mol. The largest absolute Gasteiger partial charge is 0.330 e. The molecule has 0 saturated carbocycles. The lowest BCUT2D eigenvalue weighted by molar-refractivity contribution is 0.222. The number of urea groups is 1. The van der Waals surface area contributed by atoms with Gasteiger partial charge in [-0.3, -0.25) is 4.90 Å². The minimum Gasteiger partial charge on any atom is -0.330 e. The van der Waals surface area contributed by atoms with Crippen LogP contribution in [0.15, 0.2) is 12.4 Å². The summed E-state index contributed by atoms with van der Waals surface area (Å²) in [5, 5.41) is 0. The van der Waals surface area contributed by atoms with Crippen molar-refractivity contribution >= 4 is 45.9 Å². The molecule has 0 aliphatic heterocycles. The van der Waals surface area contributed by atoms with Gasteiger partial charge >= 0.3 is 6.03 Å². The van der Waals surface area contributed by atoms with Crippen molar-refractivity contribution in [3.63, 3.8) is 0 Å². The van der Waals surface area contributed by atoms with Crippen LogP contribution in [-0.2, 0) is 7.05 Å². The topological polar surface area (TPSA) is 44.6 Å². The number of halogens is 2. The van der Waals surface area contributed by atoms with Crippen molar-refractivity contribution in [3.8, 4) is 0 Å². The Hall–Kier alpha value is -0.600. The summed E-state index contributed by atoms with van der Waals surface area (Å²) in [4.78, 5) is 21.6. The second-order valence-electron chi connectivity index (χ2n) is 4.47. The Kier molecular flexibility index (Phi) is 10.2. The number of nitrogens with zero attached hydrogens (tertiary/aromatic N) is 5. The van der Waals surface area contributed by atoms with Gasteiger partial charge in [0.05, 0.1) is 0 Å². The molecular weight excluding hydrogens is 378 g/mol. The van der Waals surface area contributed by atoms with Crippen molar-refractivity contribution < 1.29 is 4.79 Å². The predicted octanol–water partition coefficient (Wildman–Crippen LogP) is 1.63. The van der Waals surface area contributed by atoms with E-state index in [0.717, 1.165) is 6.54 Å². The molecule has 0 atom stereocenters. The Morgan fingerprint density at radius 3 is 2.16 bits per heavy atom. The molecule has 0 aliphatic rings. The second kappa shape index (κ2) is 9.33. The van der Waals surface area contributed by atoms with Crippen molar-refractivity contribution in [1.82, 2.24) is 19.4 Å². The Morgan fingerprint density at radius 1 is 1.21 bits per heavy atom. The number of anilines is 1. The number of likely N-dealkylation sites (N-methyl/N-ethyl adjacent to an activating group) is 1. The van der Waals surface area contributed by atoms with Gasteiger partial charge in [-0.1, -0.05) is 0 Å². The number of imidazole rings is 1. The smallest absolute Gasteiger partial charge is 0.326 e. The molecule has 0 N–H and O–H groups in total. The van der Waals surface area contributed by atoms with Crippen LogP contribution in [0, 0.1) is 0 Å². The monoisotopic (exact) mass is 399 g/mol. The van der Waals surface area contributed by atoms with Crippen molar-refractivity contribution in [3.05, 3.63) is 12.4 Å². The van der Waals surface area contributed by atoms with Gasteiger partial charge in [-0.05, 0) is 14.1 Å². The molecule has 8 heteroatoms. The van der Waals surface area contributed by atoms with Gasteiger partial charge in [0.25, 0.3) is 0 Å². The van der Waals surface area contributed by atoms with Gasteiger partial charge in [0, 0.05) is 46.6 Å². The fourth-order valence-corrected chi connectivity index (χ4v) is 1.44. The molecule has 0 aliphatic carbocycles. The van der Waals surface area contributed by atoms with Gasteiger partial charge < -0.3 is 14.4 Å². The standard InChI is InChI=1S/C11H21N5O.2BrH/c1-13(2)8-9-16(11(17)14(3)4)10-12-6-7-15(10)5;;/h6-7H,8-9H2,1-5H3;2*1H. The first-order valence-corrected chi connectivity index (χ1v) is 5.54. The highest BCUT2D eigenvalue weighted by atomic mass is 79.9. The van der Waals surface area contributed by atoms with Crippen molar-refractivity contribution in [2.75, 3.05) is 46.2 Å². The average molecular weight is 401 g/mol. The summed E-state index contributed by atoms with van der Waals surface area (Å²) in [5.74, 6) is 0.672. The van der Waals surface area contributed by atoms with E-state index < -0.39 is 0 Å². The van der Waals surface area contributed by atoms with E-state index in [9.17, 15) is 4.79 Å². The van der Waals surface area contributed by atoms with Gasteiger partial charge in [0.15, 0.2) is 0 Å². The molecule has 0 aromatic carbocycles. The number of carbonyl (C=O) groups is 1. The van der Waals surface area contributed by atoms with Crippen LogP contribution >= 0.6 is 34.0 Å². The van der Waals surface area contributed by atoms with Crippen LogP contribution in [0.1, 0.15) is 0 Å². The van der Waals surface area contributed by atoms with Crippen molar-refractivity contribution in [2.24, 2.45) is 7.05 Å². The zero-order valence-corrected chi connectivity index (χ0v) is 15.5. The molecule has 112 valence electrons. The van der Waals surface area contributed by atoms with Gasteiger partial charge in [0.1, 0.15) is 0 Å². The van der Waals surface area contributed by atoms with Crippen LogP contribution in [0.4, 0.5) is 10.7 Å². The zero-order valence-electron chi connectivity index (χ0n) is 12.0. The number of hydrogen-bond donors (Lipinski definition) is 0. The molecule has 0 saturated heterocycles. The highest BCUT2D eigenvalue weighted by Crippen LogP contribution is 2.11. The van der Waals surface area contributed by atoms with E-state index in [1.165, 1.54) is 0 Å². The molecule has 1 aromatic heterocycles. The highest BCUT2D eigenvalue weighted by Gasteiger charge is 2.20. The molecule has 1 aromatic rings. The molecule has 0 unspecified atom stereocenters. The maximum Gasteiger partial charge on any atom is 0.326 e. The number of aryl methyl sites for hydroxylation is 1. The first-order valence-electron chi connectivity index (χ1n) is 5.54. The molecular formula is C11H23Br2N5O. The molecule has 1 rings (SSSR count). The van der Waals surface area contributed by atoms with E-state index in [1.54, 1.807) is 30.1 Å². The van der Waals surface area contributed by atoms with Crippen LogP contribution in [0.25, 0.3) is 0 Å². The third kappa shape index (κ3) is 5.92. The fourth-order valence-electron chi connectivity index (χ4n) is 1.44. The summed E-state index contributed by atoms with van der Waals surface area (Å²) < 4.78 is 1.84. The lowest BCUT2D eigenvalue weighted by Gasteiger charge is -2.26. The minimum absolute atomic E-state index is 0. The van der Waals surface area contributed by atoms with Crippen LogP contribution in [0.2, 0.25) is 0 Å². The lowest BCUT2D eigenvalue weighted by atomic mass is 10.5. The highest BCUT2D eigenvalue weighted by molar-refractivity contribution is 8.93. The number of carbonyl (C=O) groups excluding carboxylic acids is 1. The SMILES string of the molecule is Br.Br.CN(C)CCN(C(=O)N(C)C)c1nccn1C.